The molecule has 0 aliphatic rings. The number of hydrogen-bond donors (Lipinski definition) is 1. The smallest absolute Gasteiger partial charge is 0.146 e. The highest BCUT2D eigenvalue weighted by molar-refractivity contribution is 5.87. The summed E-state index contributed by atoms with van der Waals surface area (Å²) in [5, 5.41) is 10.0. The highest BCUT2D eigenvalue weighted by Crippen LogP contribution is 2.31. The molecule has 0 radical (unpaired) electrons. The Hall–Kier alpha value is -1.68. The largest absolute Gasteiger partial charge is 0.497 e. The number of aliphatic hydroxyl groups excluding tert-OH is 1. The monoisotopic (exact) mass is 221 g/mol. The van der Waals surface area contributed by atoms with Crippen LogP contribution >= 0.6 is 0 Å². The van der Waals surface area contributed by atoms with Crippen molar-refractivity contribution < 1.29 is 14.6 Å². The second kappa shape index (κ2) is 4.45. The Labute approximate surface area is 94.0 Å². The fraction of sp³-hybridized carbons (Fsp3) is 0.333. The van der Waals surface area contributed by atoms with Gasteiger partial charge in [-0.15, -0.1) is 0 Å². The zero-order valence-electron chi connectivity index (χ0n) is 9.43. The van der Waals surface area contributed by atoms with Gasteiger partial charge >= 0.3 is 0 Å². The van der Waals surface area contributed by atoms with E-state index in [2.05, 4.69) is 0 Å². The van der Waals surface area contributed by atoms with Gasteiger partial charge in [0.2, 0.25) is 0 Å². The van der Waals surface area contributed by atoms with E-state index in [-0.39, 0.29) is 6.61 Å². The van der Waals surface area contributed by atoms with Crippen LogP contribution in [0.4, 0.5) is 0 Å². The molecule has 0 aliphatic heterocycles. The molecule has 1 N–H and O–H groups in total. The zero-order valence-corrected chi connectivity index (χ0v) is 9.43. The lowest BCUT2D eigenvalue weighted by atomic mass is 10.2. The van der Waals surface area contributed by atoms with Crippen LogP contribution in [0.5, 0.6) is 11.5 Å². The maximum atomic E-state index is 8.98. The van der Waals surface area contributed by atoms with Crippen LogP contribution in [0.25, 0.3) is 10.9 Å². The first-order chi connectivity index (χ1) is 7.80. The Balaban J connectivity index is 2.62. The van der Waals surface area contributed by atoms with Crippen molar-refractivity contribution in [2.24, 2.45) is 0 Å². The molecular formula is C12H15NO3. The molecule has 4 heteroatoms. The zero-order chi connectivity index (χ0) is 11.5. The maximum absolute atomic E-state index is 8.98. The first kappa shape index (κ1) is 10.8. The first-order valence-electron chi connectivity index (χ1n) is 5.12. The fourth-order valence-corrected chi connectivity index (χ4v) is 1.85. The molecule has 0 amide bonds. The quantitative estimate of drug-likeness (QED) is 0.853. The Morgan fingerprint density at radius 1 is 1.25 bits per heavy atom. The Bertz CT molecular complexity index is 490. The number of aliphatic hydroxyl groups is 1. The van der Waals surface area contributed by atoms with Crippen molar-refractivity contribution in [3.63, 3.8) is 0 Å². The van der Waals surface area contributed by atoms with Crippen LogP contribution in [0.3, 0.4) is 0 Å². The molecule has 1 aromatic heterocycles. The summed E-state index contributed by atoms with van der Waals surface area (Å²) in [6.07, 6.45) is 1.93. The summed E-state index contributed by atoms with van der Waals surface area (Å²) in [6.45, 7) is 0.672. The molecule has 16 heavy (non-hydrogen) atoms. The van der Waals surface area contributed by atoms with Gasteiger partial charge in [0.25, 0.3) is 0 Å². The van der Waals surface area contributed by atoms with Gasteiger partial charge in [-0.2, -0.15) is 0 Å². The number of rotatable bonds is 4. The predicted octanol–water partition coefficient (Wildman–Crippen LogP) is 1.65. The van der Waals surface area contributed by atoms with E-state index in [4.69, 9.17) is 14.6 Å². The summed E-state index contributed by atoms with van der Waals surface area (Å²) < 4.78 is 12.5. The molecule has 0 spiro atoms. The molecule has 4 nitrogen and oxygen atoms in total. The average molecular weight is 221 g/mol. The third-order valence-corrected chi connectivity index (χ3v) is 2.60. The van der Waals surface area contributed by atoms with Gasteiger partial charge in [0.1, 0.15) is 11.5 Å². The number of methoxy groups -OCH3 is 2. The minimum absolute atomic E-state index is 0.110. The molecule has 1 heterocycles. The topological polar surface area (TPSA) is 43.6 Å². The van der Waals surface area contributed by atoms with Crippen molar-refractivity contribution in [1.82, 2.24) is 4.57 Å². The molecule has 1 aromatic carbocycles. The molecule has 86 valence electrons. The SMILES string of the molecule is COc1cc(OC)c2c(ccn2CCO)c1. The van der Waals surface area contributed by atoms with E-state index in [1.807, 2.05) is 29.0 Å². The lowest BCUT2D eigenvalue weighted by Crippen LogP contribution is -2.01. The van der Waals surface area contributed by atoms with Gasteiger partial charge in [0, 0.05) is 24.2 Å². The minimum atomic E-state index is 0.110. The second-order valence-electron chi connectivity index (χ2n) is 3.50. The van der Waals surface area contributed by atoms with E-state index in [9.17, 15) is 0 Å². The number of aromatic nitrogens is 1. The summed E-state index contributed by atoms with van der Waals surface area (Å²) >= 11 is 0. The Kier molecular flexibility index (Phi) is 3.01. The molecular weight excluding hydrogens is 206 g/mol. The van der Waals surface area contributed by atoms with E-state index in [1.165, 1.54) is 0 Å². The van der Waals surface area contributed by atoms with Gasteiger partial charge in [-0.05, 0) is 12.1 Å². The molecule has 0 bridgehead atoms. The van der Waals surface area contributed by atoms with Crippen LogP contribution in [-0.2, 0) is 6.54 Å². The van der Waals surface area contributed by atoms with E-state index < -0.39 is 0 Å². The Morgan fingerprint density at radius 3 is 2.69 bits per heavy atom. The summed E-state index contributed by atoms with van der Waals surface area (Å²) in [7, 11) is 3.26. The maximum Gasteiger partial charge on any atom is 0.146 e. The van der Waals surface area contributed by atoms with Gasteiger partial charge in [-0.3, -0.25) is 0 Å². The number of nitrogens with zero attached hydrogens (tertiary/aromatic N) is 1. The lowest BCUT2D eigenvalue weighted by molar-refractivity contribution is 0.277. The normalized spacial score (nSPS) is 10.7. The van der Waals surface area contributed by atoms with Gasteiger partial charge in [0.15, 0.2) is 0 Å². The summed E-state index contributed by atoms with van der Waals surface area (Å²) in [5.74, 6) is 1.53. The minimum Gasteiger partial charge on any atom is -0.497 e. The molecule has 2 aromatic rings. The number of benzene rings is 1. The summed E-state index contributed by atoms with van der Waals surface area (Å²) in [6, 6.07) is 5.78. The predicted molar refractivity (Wildman–Crippen MR) is 62.1 cm³/mol. The number of fused-ring (bicyclic) bond motifs is 1. The van der Waals surface area contributed by atoms with E-state index in [0.29, 0.717) is 6.54 Å². The van der Waals surface area contributed by atoms with Crippen LogP contribution in [0.2, 0.25) is 0 Å². The van der Waals surface area contributed by atoms with Crippen LogP contribution in [0.15, 0.2) is 24.4 Å². The first-order valence-corrected chi connectivity index (χ1v) is 5.12. The van der Waals surface area contributed by atoms with Gasteiger partial charge in [0.05, 0.1) is 26.3 Å². The van der Waals surface area contributed by atoms with Crippen molar-refractivity contribution in [3.8, 4) is 11.5 Å². The number of ether oxygens (including phenoxy) is 2. The second-order valence-corrected chi connectivity index (χ2v) is 3.50. The average Bonchev–Trinajstić information content (AvgIpc) is 2.72. The van der Waals surface area contributed by atoms with Gasteiger partial charge < -0.3 is 19.1 Å². The van der Waals surface area contributed by atoms with E-state index in [1.54, 1.807) is 14.2 Å². The molecule has 2 rings (SSSR count). The van der Waals surface area contributed by atoms with Crippen molar-refractivity contribution in [3.05, 3.63) is 24.4 Å². The number of hydrogen-bond acceptors (Lipinski definition) is 3. The van der Waals surface area contributed by atoms with Crippen LogP contribution < -0.4 is 9.47 Å². The lowest BCUT2D eigenvalue weighted by Gasteiger charge is -2.09. The van der Waals surface area contributed by atoms with Crippen LogP contribution in [0, 0.1) is 0 Å². The standard InChI is InChI=1S/C12H15NO3/c1-15-10-7-9-3-4-13(5-6-14)12(9)11(8-10)16-2/h3-4,7-8,14H,5-6H2,1-2H3. The molecule has 0 fully saturated rings. The van der Waals surface area contributed by atoms with Crippen LogP contribution in [0.1, 0.15) is 0 Å². The molecule has 0 aliphatic carbocycles. The van der Waals surface area contributed by atoms with Gasteiger partial charge in [-0.25, -0.2) is 0 Å². The fourth-order valence-electron chi connectivity index (χ4n) is 1.85. The summed E-state index contributed by atoms with van der Waals surface area (Å²) in [5.41, 5.74) is 0.984. The van der Waals surface area contributed by atoms with Crippen molar-refractivity contribution in [1.29, 1.82) is 0 Å². The highest BCUT2D eigenvalue weighted by atomic mass is 16.5. The van der Waals surface area contributed by atoms with Crippen LogP contribution in [-0.4, -0.2) is 30.5 Å². The third-order valence-electron chi connectivity index (χ3n) is 2.60. The van der Waals surface area contributed by atoms with Crippen molar-refractivity contribution >= 4 is 10.9 Å². The summed E-state index contributed by atoms with van der Waals surface area (Å²) in [4.78, 5) is 0. The Morgan fingerprint density at radius 2 is 2.06 bits per heavy atom. The van der Waals surface area contributed by atoms with E-state index >= 15 is 0 Å². The molecule has 0 saturated heterocycles. The van der Waals surface area contributed by atoms with Gasteiger partial charge in [-0.1, -0.05) is 0 Å². The van der Waals surface area contributed by atoms with Crippen molar-refractivity contribution in [2.75, 3.05) is 20.8 Å². The third kappa shape index (κ3) is 1.72. The van der Waals surface area contributed by atoms with E-state index in [0.717, 1.165) is 22.4 Å². The highest BCUT2D eigenvalue weighted by Gasteiger charge is 2.09. The molecule has 0 saturated carbocycles. The van der Waals surface area contributed by atoms with Crippen molar-refractivity contribution in [2.45, 2.75) is 6.54 Å². The molecule has 0 atom stereocenters. The molecule has 0 unspecified atom stereocenters.